The fourth-order valence-electron chi connectivity index (χ4n) is 2.94. The van der Waals surface area contributed by atoms with Crippen LogP contribution in [0.4, 0.5) is 0 Å². The molecular weight excluding hydrogens is 358 g/mol. The standard InChI is InChI=1S/C22H23NO5/c1-25-19-12-21(27-3)20(26-2)11-16(19)13-23-22(24)14-28-18-10-6-8-15-7-4-5-9-17(15)18/h4-12H,13-14H2,1-3H3,(H,23,24). The van der Waals surface area contributed by atoms with E-state index >= 15 is 0 Å². The van der Waals surface area contributed by atoms with Crippen molar-refractivity contribution in [1.29, 1.82) is 0 Å². The van der Waals surface area contributed by atoms with Gasteiger partial charge in [-0.1, -0.05) is 36.4 Å². The summed E-state index contributed by atoms with van der Waals surface area (Å²) in [5, 5.41) is 4.88. The van der Waals surface area contributed by atoms with Crippen molar-refractivity contribution >= 4 is 16.7 Å². The van der Waals surface area contributed by atoms with Gasteiger partial charge in [0.1, 0.15) is 11.5 Å². The molecule has 3 aromatic rings. The van der Waals surface area contributed by atoms with Crippen molar-refractivity contribution in [3.05, 3.63) is 60.2 Å². The minimum atomic E-state index is -0.232. The van der Waals surface area contributed by atoms with Crippen LogP contribution in [0.25, 0.3) is 10.8 Å². The van der Waals surface area contributed by atoms with Crippen LogP contribution in [0.2, 0.25) is 0 Å². The molecule has 0 atom stereocenters. The summed E-state index contributed by atoms with van der Waals surface area (Å²) < 4.78 is 21.7. The normalized spacial score (nSPS) is 10.4. The third kappa shape index (κ3) is 4.28. The molecule has 3 rings (SSSR count). The Morgan fingerprint density at radius 2 is 1.50 bits per heavy atom. The van der Waals surface area contributed by atoms with Gasteiger partial charge in [-0.25, -0.2) is 0 Å². The summed E-state index contributed by atoms with van der Waals surface area (Å²) >= 11 is 0. The predicted octanol–water partition coefficient (Wildman–Crippen LogP) is 3.56. The topological polar surface area (TPSA) is 66.0 Å². The first kappa shape index (κ1) is 19.4. The maximum absolute atomic E-state index is 12.3. The van der Waals surface area contributed by atoms with Gasteiger partial charge in [0.25, 0.3) is 5.91 Å². The summed E-state index contributed by atoms with van der Waals surface area (Å²) in [5.74, 6) is 2.18. The van der Waals surface area contributed by atoms with Gasteiger partial charge in [0.2, 0.25) is 0 Å². The molecule has 0 aliphatic carbocycles. The van der Waals surface area contributed by atoms with Crippen molar-refractivity contribution < 1.29 is 23.7 Å². The van der Waals surface area contributed by atoms with Gasteiger partial charge in [0.15, 0.2) is 18.1 Å². The monoisotopic (exact) mass is 381 g/mol. The molecule has 0 unspecified atom stereocenters. The van der Waals surface area contributed by atoms with E-state index in [1.165, 1.54) is 0 Å². The second-order valence-corrected chi connectivity index (χ2v) is 6.06. The molecule has 0 radical (unpaired) electrons. The van der Waals surface area contributed by atoms with E-state index in [1.54, 1.807) is 33.5 Å². The zero-order valence-electron chi connectivity index (χ0n) is 16.2. The van der Waals surface area contributed by atoms with Crippen molar-refractivity contribution in [2.75, 3.05) is 27.9 Å². The first-order valence-electron chi connectivity index (χ1n) is 8.82. The van der Waals surface area contributed by atoms with Crippen LogP contribution in [-0.2, 0) is 11.3 Å². The van der Waals surface area contributed by atoms with Crippen LogP contribution >= 0.6 is 0 Å². The molecule has 0 heterocycles. The summed E-state index contributed by atoms with van der Waals surface area (Å²) in [6.45, 7) is 0.199. The average Bonchev–Trinajstić information content (AvgIpc) is 2.75. The van der Waals surface area contributed by atoms with Crippen molar-refractivity contribution in [2.45, 2.75) is 6.54 Å². The van der Waals surface area contributed by atoms with Crippen LogP contribution in [-0.4, -0.2) is 33.8 Å². The smallest absolute Gasteiger partial charge is 0.258 e. The highest BCUT2D eigenvalue weighted by atomic mass is 16.5. The summed E-state index contributed by atoms with van der Waals surface area (Å²) in [6, 6.07) is 17.2. The average molecular weight is 381 g/mol. The molecule has 0 spiro atoms. The molecule has 0 aliphatic rings. The van der Waals surface area contributed by atoms with E-state index in [4.69, 9.17) is 18.9 Å². The molecule has 146 valence electrons. The largest absolute Gasteiger partial charge is 0.496 e. The van der Waals surface area contributed by atoms with E-state index in [-0.39, 0.29) is 19.1 Å². The molecule has 1 amide bonds. The number of methoxy groups -OCH3 is 3. The molecule has 0 aliphatic heterocycles. The highest BCUT2D eigenvalue weighted by Crippen LogP contribution is 2.34. The second kappa shape index (κ2) is 8.99. The van der Waals surface area contributed by atoms with Crippen molar-refractivity contribution in [3.63, 3.8) is 0 Å². The third-order valence-corrected chi connectivity index (χ3v) is 4.37. The second-order valence-electron chi connectivity index (χ2n) is 6.06. The fraction of sp³-hybridized carbons (Fsp3) is 0.227. The molecule has 6 heteroatoms. The Labute approximate surface area is 164 Å². The van der Waals surface area contributed by atoms with Gasteiger partial charge < -0.3 is 24.3 Å². The van der Waals surface area contributed by atoms with Crippen molar-refractivity contribution in [2.24, 2.45) is 0 Å². The van der Waals surface area contributed by atoms with Gasteiger partial charge in [-0.2, -0.15) is 0 Å². The SMILES string of the molecule is COc1cc(OC)c(OC)cc1CNC(=O)COc1cccc2ccccc12. The maximum atomic E-state index is 12.3. The van der Waals surface area contributed by atoms with E-state index < -0.39 is 0 Å². The van der Waals surface area contributed by atoms with Gasteiger partial charge in [-0.15, -0.1) is 0 Å². The molecule has 0 fully saturated rings. The number of nitrogens with one attached hydrogen (secondary N) is 1. The van der Waals surface area contributed by atoms with Crippen LogP contribution in [0.1, 0.15) is 5.56 Å². The number of carbonyl (C=O) groups excluding carboxylic acids is 1. The molecular formula is C22H23NO5. The number of rotatable bonds is 8. The Hall–Kier alpha value is -3.41. The lowest BCUT2D eigenvalue weighted by Crippen LogP contribution is -2.28. The van der Waals surface area contributed by atoms with Crippen LogP contribution in [0.3, 0.4) is 0 Å². The number of carbonyl (C=O) groups is 1. The van der Waals surface area contributed by atoms with E-state index in [0.29, 0.717) is 23.0 Å². The fourth-order valence-corrected chi connectivity index (χ4v) is 2.94. The summed E-state index contributed by atoms with van der Waals surface area (Å²) in [4.78, 5) is 12.3. The molecule has 6 nitrogen and oxygen atoms in total. The zero-order chi connectivity index (χ0) is 19.9. The summed E-state index contributed by atoms with van der Waals surface area (Å²) in [5.41, 5.74) is 0.777. The van der Waals surface area contributed by atoms with E-state index in [0.717, 1.165) is 16.3 Å². The summed E-state index contributed by atoms with van der Waals surface area (Å²) in [7, 11) is 4.68. The molecule has 0 saturated carbocycles. The number of fused-ring (bicyclic) bond motifs is 1. The molecule has 3 aromatic carbocycles. The highest BCUT2D eigenvalue weighted by molar-refractivity contribution is 5.88. The summed E-state index contributed by atoms with van der Waals surface area (Å²) in [6.07, 6.45) is 0. The number of ether oxygens (including phenoxy) is 4. The Bertz CT molecular complexity index is 965. The Balaban J connectivity index is 1.64. The van der Waals surface area contributed by atoms with Crippen molar-refractivity contribution in [3.8, 4) is 23.0 Å². The molecule has 0 bridgehead atoms. The van der Waals surface area contributed by atoms with Crippen molar-refractivity contribution in [1.82, 2.24) is 5.32 Å². The van der Waals surface area contributed by atoms with Gasteiger partial charge in [-0.3, -0.25) is 4.79 Å². The predicted molar refractivity (Wildman–Crippen MR) is 107 cm³/mol. The Kier molecular flexibility index (Phi) is 6.22. The minimum absolute atomic E-state index is 0.0797. The van der Waals surface area contributed by atoms with E-state index in [2.05, 4.69) is 5.32 Å². The minimum Gasteiger partial charge on any atom is -0.496 e. The van der Waals surface area contributed by atoms with Crippen LogP contribution in [0, 0.1) is 0 Å². The first-order chi connectivity index (χ1) is 13.7. The van der Waals surface area contributed by atoms with Crippen LogP contribution < -0.4 is 24.3 Å². The Morgan fingerprint density at radius 3 is 2.25 bits per heavy atom. The lowest BCUT2D eigenvalue weighted by molar-refractivity contribution is -0.123. The number of amides is 1. The quantitative estimate of drug-likeness (QED) is 0.646. The van der Waals surface area contributed by atoms with Gasteiger partial charge in [0, 0.05) is 23.6 Å². The first-order valence-corrected chi connectivity index (χ1v) is 8.82. The third-order valence-electron chi connectivity index (χ3n) is 4.37. The van der Waals surface area contributed by atoms with E-state index in [1.807, 2.05) is 42.5 Å². The van der Waals surface area contributed by atoms with Crippen LogP contribution in [0.5, 0.6) is 23.0 Å². The lowest BCUT2D eigenvalue weighted by Gasteiger charge is -2.15. The zero-order valence-corrected chi connectivity index (χ0v) is 16.2. The van der Waals surface area contributed by atoms with Gasteiger partial charge in [-0.05, 0) is 17.5 Å². The van der Waals surface area contributed by atoms with E-state index in [9.17, 15) is 4.79 Å². The van der Waals surface area contributed by atoms with Gasteiger partial charge in [0.05, 0.1) is 21.3 Å². The molecule has 0 saturated heterocycles. The van der Waals surface area contributed by atoms with Crippen LogP contribution in [0.15, 0.2) is 54.6 Å². The number of hydrogen-bond acceptors (Lipinski definition) is 5. The maximum Gasteiger partial charge on any atom is 0.258 e. The highest BCUT2D eigenvalue weighted by Gasteiger charge is 2.13. The Morgan fingerprint density at radius 1 is 0.821 bits per heavy atom. The van der Waals surface area contributed by atoms with Gasteiger partial charge >= 0.3 is 0 Å². The number of hydrogen-bond donors (Lipinski definition) is 1. The lowest BCUT2D eigenvalue weighted by atomic mass is 10.1. The number of benzene rings is 3. The molecule has 1 N–H and O–H groups in total. The molecule has 28 heavy (non-hydrogen) atoms. The molecule has 0 aromatic heterocycles.